The average molecular weight is 288 g/mol. The molecule has 1 rings (SSSR count). The average Bonchev–Trinajstić information content (AvgIpc) is 2.30. The number of nitrogens with two attached hydrogens (primary N) is 1. The van der Waals surface area contributed by atoms with Crippen molar-refractivity contribution in [2.45, 2.75) is 12.0 Å². The zero-order valence-electron chi connectivity index (χ0n) is 9.36. The number of aliphatic hydroxyl groups excluding tert-OH is 1. The van der Waals surface area contributed by atoms with Gasteiger partial charge in [0.05, 0.1) is 7.11 Å². The van der Waals surface area contributed by atoms with Crippen LogP contribution in [0.1, 0.15) is 11.6 Å². The van der Waals surface area contributed by atoms with Crippen LogP contribution in [0.5, 0.6) is 11.5 Å². The normalized spacial score (nSPS) is 12.8. The number of phenols is 1. The maximum atomic E-state index is 13.1. The van der Waals surface area contributed by atoms with Crippen molar-refractivity contribution in [3.8, 4) is 11.5 Å². The maximum absolute atomic E-state index is 13.1. The Balaban J connectivity index is 0.00000289. The molecule has 0 fully saturated rings. The van der Waals surface area contributed by atoms with Crippen LogP contribution < -0.4 is 10.5 Å². The topological polar surface area (TPSA) is 75.7 Å². The number of hydrogen-bond donors (Lipinski definition) is 3. The summed E-state index contributed by atoms with van der Waals surface area (Å²) in [5.74, 6) is -5.52. The van der Waals surface area contributed by atoms with Crippen LogP contribution in [0, 0.1) is 5.82 Å². The van der Waals surface area contributed by atoms with Gasteiger partial charge in [0.25, 0.3) is 5.92 Å². The summed E-state index contributed by atoms with van der Waals surface area (Å²) in [6.45, 7) is -1.51. The van der Waals surface area contributed by atoms with Gasteiger partial charge in [-0.3, -0.25) is 0 Å². The molecule has 0 aliphatic rings. The van der Waals surface area contributed by atoms with E-state index in [4.69, 9.17) is 10.8 Å². The van der Waals surface area contributed by atoms with Crippen LogP contribution in [-0.2, 0) is 0 Å². The molecule has 1 atom stereocenters. The van der Waals surface area contributed by atoms with Gasteiger partial charge >= 0.3 is 0 Å². The molecule has 0 heterocycles. The molecule has 0 spiro atoms. The fourth-order valence-electron chi connectivity index (χ4n) is 1.31. The Labute approximate surface area is 108 Å². The van der Waals surface area contributed by atoms with Gasteiger partial charge in [0.2, 0.25) is 0 Å². The number of aliphatic hydroxyl groups is 1. The molecule has 0 amide bonds. The highest BCUT2D eigenvalue weighted by Gasteiger charge is 2.39. The molecule has 0 bridgehead atoms. The van der Waals surface area contributed by atoms with E-state index in [1.165, 1.54) is 0 Å². The van der Waals surface area contributed by atoms with E-state index < -0.39 is 35.7 Å². The summed E-state index contributed by atoms with van der Waals surface area (Å²) in [5.41, 5.74) is 4.66. The lowest BCUT2D eigenvalue weighted by Crippen LogP contribution is -2.36. The highest BCUT2D eigenvalue weighted by molar-refractivity contribution is 5.85. The fourth-order valence-corrected chi connectivity index (χ4v) is 1.31. The molecule has 0 aliphatic carbocycles. The first-order chi connectivity index (χ1) is 7.83. The van der Waals surface area contributed by atoms with Crippen molar-refractivity contribution in [2.75, 3.05) is 13.7 Å². The molecule has 18 heavy (non-hydrogen) atoms. The first-order valence-corrected chi connectivity index (χ1v) is 4.64. The summed E-state index contributed by atoms with van der Waals surface area (Å²) >= 11 is 0. The molecule has 4 nitrogen and oxygen atoms in total. The van der Waals surface area contributed by atoms with Crippen molar-refractivity contribution < 1.29 is 28.1 Å². The Morgan fingerprint density at radius 1 is 1.44 bits per heavy atom. The van der Waals surface area contributed by atoms with Crippen molar-refractivity contribution in [3.05, 3.63) is 23.5 Å². The highest BCUT2D eigenvalue weighted by Crippen LogP contribution is 2.39. The van der Waals surface area contributed by atoms with Crippen LogP contribution in [0.4, 0.5) is 13.2 Å². The molecule has 1 aromatic rings. The number of ether oxygens (including phenoxy) is 1. The van der Waals surface area contributed by atoms with E-state index >= 15 is 0 Å². The number of phenolic OH excluding ortho intramolecular Hbond substituents is 1. The number of halogens is 4. The second-order valence-corrected chi connectivity index (χ2v) is 3.44. The third-order valence-electron chi connectivity index (χ3n) is 2.29. The van der Waals surface area contributed by atoms with Crippen LogP contribution >= 0.6 is 12.4 Å². The van der Waals surface area contributed by atoms with Gasteiger partial charge in [-0.25, -0.2) is 13.2 Å². The molecular formula is C10H13ClF3NO3. The molecule has 8 heteroatoms. The van der Waals surface area contributed by atoms with Gasteiger partial charge in [0, 0.05) is 11.6 Å². The Hall–Kier alpha value is -1.18. The number of methoxy groups -OCH3 is 1. The summed E-state index contributed by atoms with van der Waals surface area (Å²) in [4.78, 5) is 0. The first-order valence-electron chi connectivity index (χ1n) is 4.64. The zero-order chi connectivity index (χ0) is 13.2. The summed E-state index contributed by atoms with van der Waals surface area (Å²) in [7, 11) is 1.15. The number of alkyl halides is 2. The lowest BCUT2D eigenvalue weighted by Gasteiger charge is -2.23. The van der Waals surface area contributed by atoms with Gasteiger partial charge in [0.15, 0.2) is 11.5 Å². The van der Waals surface area contributed by atoms with E-state index in [9.17, 15) is 18.3 Å². The fraction of sp³-hybridized carbons (Fsp3) is 0.400. The SMILES string of the molecule is COc1cc(F)cc([C@H](N)C(F)(F)CO)c1O.Cl. The van der Waals surface area contributed by atoms with Crippen LogP contribution in [0.25, 0.3) is 0 Å². The van der Waals surface area contributed by atoms with Crippen LogP contribution in [0.2, 0.25) is 0 Å². The van der Waals surface area contributed by atoms with E-state index in [0.717, 1.165) is 13.2 Å². The lowest BCUT2D eigenvalue weighted by atomic mass is 10.00. The Bertz CT molecular complexity index is 418. The van der Waals surface area contributed by atoms with Gasteiger partial charge in [-0.1, -0.05) is 0 Å². The van der Waals surface area contributed by atoms with E-state index in [0.29, 0.717) is 6.07 Å². The van der Waals surface area contributed by atoms with Crippen molar-refractivity contribution in [2.24, 2.45) is 5.73 Å². The minimum Gasteiger partial charge on any atom is -0.504 e. The molecule has 0 saturated carbocycles. The van der Waals surface area contributed by atoms with E-state index in [2.05, 4.69) is 4.74 Å². The summed E-state index contributed by atoms with van der Waals surface area (Å²) in [6, 6.07) is -0.522. The number of benzene rings is 1. The van der Waals surface area contributed by atoms with Gasteiger partial charge in [-0.15, -0.1) is 12.4 Å². The quantitative estimate of drug-likeness (QED) is 0.786. The van der Waals surface area contributed by atoms with Crippen LogP contribution in [0.15, 0.2) is 12.1 Å². The Morgan fingerprint density at radius 3 is 2.44 bits per heavy atom. The molecule has 4 N–H and O–H groups in total. The smallest absolute Gasteiger partial charge is 0.289 e. The molecule has 0 aliphatic heterocycles. The minimum absolute atomic E-state index is 0. The maximum Gasteiger partial charge on any atom is 0.289 e. The summed E-state index contributed by atoms with van der Waals surface area (Å²) in [6.07, 6.45) is 0. The van der Waals surface area contributed by atoms with Crippen molar-refractivity contribution >= 4 is 12.4 Å². The Morgan fingerprint density at radius 2 is 2.00 bits per heavy atom. The van der Waals surface area contributed by atoms with Crippen molar-refractivity contribution in [1.29, 1.82) is 0 Å². The summed E-state index contributed by atoms with van der Waals surface area (Å²) < 4.78 is 44.0. The first kappa shape index (κ1) is 16.8. The molecule has 1 aromatic carbocycles. The Kier molecular flexibility index (Phi) is 5.72. The van der Waals surface area contributed by atoms with Gasteiger partial charge < -0.3 is 20.7 Å². The molecule has 0 saturated heterocycles. The predicted octanol–water partition coefficient (Wildman–Crippen LogP) is 1.59. The van der Waals surface area contributed by atoms with Gasteiger partial charge in [-0.2, -0.15) is 0 Å². The van der Waals surface area contributed by atoms with E-state index in [1.54, 1.807) is 0 Å². The number of aromatic hydroxyl groups is 1. The van der Waals surface area contributed by atoms with Gasteiger partial charge in [-0.05, 0) is 6.07 Å². The zero-order valence-corrected chi connectivity index (χ0v) is 10.2. The lowest BCUT2D eigenvalue weighted by molar-refractivity contribution is -0.0716. The number of hydrogen-bond acceptors (Lipinski definition) is 4. The molecule has 104 valence electrons. The van der Waals surface area contributed by atoms with Crippen molar-refractivity contribution in [1.82, 2.24) is 0 Å². The second kappa shape index (κ2) is 6.12. The standard InChI is InChI=1S/C10H12F3NO3.ClH/c1-17-7-3-5(11)2-6(8(7)16)9(14)10(12,13)4-15;/h2-3,9,15-16H,4,14H2,1H3;1H/t9-;/m0./s1. The third-order valence-corrected chi connectivity index (χ3v) is 2.29. The predicted molar refractivity (Wildman–Crippen MR) is 60.8 cm³/mol. The molecule has 0 radical (unpaired) electrons. The summed E-state index contributed by atoms with van der Waals surface area (Å²) in [5, 5.41) is 18.0. The van der Waals surface area contributed by atoms with E-state index in [-0.39, 0.29) is 18.2 Å². The monoisotopic (exact) mass is 287 g/mol. The molecule has 0 unspecified atom stereocenters. The molecular weight excluding hydrogens is 275 g/mol. The van der Waals surface area contributed by atoms with Gasteiger partial charge in [0.1, 0.15) is 18.5 Å². The second-order valence-electron chi connectivity index (χ2n) is 3.44. The third kappa shape index (κ3) is 3.18. The van der Waals surface area contributed by atoms with Crippen molar-refractivity contribution in [3.63, 3.8) is 0 Å². The van der Waals surface area contributed by atoms with E-state index in [1.807, 2.05) is 0 Å². The minimum atomic E-state index is -3.67. The number of rotatable bonds is 4. The molecule has 0 aromatic heterocycles. The largest absolute Gasteiger partial charge is 0.504 e. The van der Waals surface area contributed by atoms with Crippen LogP contribution in [0.3, 0.4) is 0 Å². The van der Waals surface area contributed by atoms with Crippen LogP contribution in [-0.4, -0.2) is 29.9 Å². The highest BCUT2D eigenvalue weighted by atomic mass is 35.5.